The smallest absolute Gasteiger partial charge is 0.257 e. The predicted octanol–water partition coefficient (Wildman–Crippen LogP) is 5.34. The molecule has 1 aromatic heterocycles. The van der Waals surface area contributed by atoms with Gasteiger partial charge in [0.1, 0.15) is 5.01 Å². The Labute approximate surface area is 179 Å². The number of nitrogens with zero attached hydrogens (tertiary/aromatic N) is 3. The number of carbonyl (C=O) groups is 1. The Morgan fingerprint density at radius 2 is 1.93 bits per heavy atom. The van der Waals surface area contributed by atoms with Crippen molar-refractivity contribution in [3.63, 3.8) is 0 Å². The van der Waals surface area contributed by atoms with Crippen LogP contribution < -0.4 is 5.32 Å². The van der Waals surface area contributed by atoms with Crippen LogP contribution in [0.15, 0.2) is 48.5 Å². The van der Waals surface area contributed by atoms with Gasteiger partial charge in [-0.2, -0.15) is 0 Å². The summed E-state index contributed by atoms with van der Waals surface area (Å²) in [6.45, 7) is 5.55. The minimum Gasteiger partial charge on any atom is -0.299 e. The molecule has 1 aliphatic rings. The first-order chi connectivity index (χ1) is 14.1. The molecule has 0 radical (unpaired) electrons. The van der Waals surface area contributed by atoms with Crippen LogP contribution in [-0.4, -0.2) is 34.1 Å². The summed E-state index contributed by atoms with van der Waals surface area (Å²) in [7, 11) is 0. The van der Waals surface area contributed by atoms with Gasteiger partial charge in [-0.3, -0.25) is 15.0 Å². The van der Waals surface area contributed by atoms with Gasteiger partial charge in [-0.05, 0) is 55.1 Å². The van der Waals surface area contributed by atoms with Gasteiger partial charge in [0.15, 0.2) is 0 Å². The monoisotopic (exact) mass is 426 g/mol. The maximum atomic E-state index is 12.5. The molecule has 150 valence electrons. The van der Waals surface area contributed by atoms with Gasteiger partial charge in [0, 0.05) is 29.2 Å². The maximum absolute atomic E-state index is 12.5. The summed E-state index contributed by atoms with van der Waals surface area (Å²) >= 11 is 7.26. The van der Waals surface area contributed by atoms with E-state index in [0.717, 1.165) is 36.1 Å². The molecular weight excluding hydrogens is 404 g/mol. The quantitative estimate of drug-likeness (QED) is 0.598. The molecule has 1 amide bonds. The molecule has 4 rings (SSSR count). The lowest BCUT2D eigenvalue weighted by Gasteiger charge is -2.30. The van der Waals surface area contributed by atoms with Crippen molar-refractivity contribution in [3.8, 4) is 10.6 Å². The van der Waals surface area contributed by atoms with E-state index in [1.165, 1.54) is 29.7 Å². The standard InChI is InChI=1S/C22H23ClN4OS/c1-15-3-2-12-27(13-15)14-16-4-6-17(7-5-16)20(28)24-22-26-25-21(29-22)18-8-10-19(23)11-9-18/h4-11,15H,2-3,12-14H2,1H3,(H,24,26,28)/t15-/m1/s1. The van der Waals surface area contributed by atoms with E-state index in [9.17, 15) is 4.79 Å². The summed E-state index contributed by atoms with van der Waals surface area (Å²) in [6, 6.07) is 15.2. The Bertz CT molecular complexity index is 971. The fraction of sp³-hybridized carbons (Fsp3) is 0.318. The molecule has 0 spiro atoms. The van der Waals surface area contributed by atoms with Crippen LogP contribution in [0, 0.1) is 5.92 Å². The number of hydrogen-bond acceptors (Lipinski definition) is 5. The van der Waals surface area contributed by atoms with Crippen LogP contribution in [0.1, 0.15) is 35.7 Å². The van der Waals surface area contributed by atoms with E-state index in [1.54, 1.807) is 0 Å². The number of rotatable bonds is 5. The highest BCUT2D eigenvalue weighted by atomic mass is 35.5. The Hall–Kier alpha value is -2.28. The zero-order valence-corrected chi connectivity index (χ0v) is 17.8. The summed E-state index contributed by atoms with van der Waals surface area (Å²) in [5.74, 6) is 0.584. The highest BCUT2D eigenvalue weighted by Crippen LogP contribution is 2.27. The lowest BCUT2D eigenvalue weighted by Crippen LogP contribution is -2.33. The van der Waals surface area contributed by atoms with E-state index in [4.69, 9.17) is 11.6 Å². The topological polar surface area (TPSA) is 58.1 Å². The van der Waals surface area contributed by atoms with Gasteiger partial charge in [-0.15, -0.1) is 10.2 Å². The second-order valence-corrected chi connectivity index (χ2v) is 8.97. The van der Waals surface area contributed by atoms with Crippen molar-refractivity contribution in [1.82, 2.24) is 15.1 Å². The number of amides is 1. The molecule has 0 aliphatic carbocycles. The van der Waals surface area contributed by atoms with Gasteiger partial charge in [0.25, 0.3) is 5.91 Å². The molecule has 2 aromatic carbocycles. The highest BCUT2D eigenvalue weighted by Gasteiger charge is 2.16. The van der Waals surface area contributed by atoms with Crippen molar-refractivity contribution in [2.45, 2.75) is 26.3 Å². The third-order valence-corrected chi connectivity index (χ3v) is 6.24. The Balaban J connectivity index is 1.37. The fourth-order valence-electron chi connectivity index (χ4n) is 3.60. The maximum Gasteiger partial charge on any atom is 0.257 e. The normalized spacial score (nSPS) is 17.2. The Morgan fingerprint density at radius 3 is 2.66 bits per heavy atom. The minimum atomic E-state index is -0.179. The molecule has 2 heterocycles. The first kappa shape index (κ1) is 20.0. The van der Waals surface area contributed by atoms with Crippen molar-refractivity contribution in [2.24, 2.45) is 5.92 Å². The second-order valence-electron chi connectivity index (χ2n) is 7.55. The van der Waals surface area contributed by atoms with Gasteiger partial charge < -0.3 is 0 Å². The Kier molecular flexibility index (Phi) is 6.23. The van der Waals surface area contributed by atoms with Crippen LogP contribution in [0.25, 0.3) is 10.6 Å². The van der Waals surface area contributed by atoms with Gasteiger partial charge in [-0.1, -0.05) is 54.1 Å². The number of anilines is 1. The van der Waals surface area contributed by atoms with Crippen molar-refractivity contribution >= 4 is 34.0 Å². The number of benzene rings is 2. The number of piperidine rings is 1. The Morgan fingerprint density at radius 1 is 1.17 bits per heavy atom. The van der Waals surface area contributed by atoms with E-state index in [-0.39, 0.29) is 5.91 Å². The third kappa shape index (κ3) is 5.21. The second kappa shape index (κ2) is 9.03. The summed E-state index contributed by atoms with van der Waals surface area (Å²) in [6.07, 6.45) is 2.59. The van der Waals surface area contributed by atoms with Gasteiger partial charge in [-0.25, -0.2) is 0 Å². The first-order valence-electron chi connectivity index (χ1n) is 9.79. The average molecular weight is 427 g/mol. The molecule has 5 nitrogen and oxygen atoms in total. The van der Waals surface area contributed by atoms with Crippen LogP contribution in [0.5, 0.6) is 0 Å². The third-order valence-electron chi connectivity index (χ3n) is 5.10. The zero-order valence-electron chi connectivity index (χ0n) is 16.3. The minimum absolute atomic E-state index is 0.179. The van der Waals surface area contributed by atoms with Crippen LogP contribution in [-0.2, 0) is 6.54 Å². The molecule has 1 N–H and O–H groups in total. The number of carbonyl (C=O) groups excluding carboxylic acids is 1. The summed E-state index contributed by atoms with van der Waals surface area (Å²) in [5, 5.41) is 13.0. The molecule has 29 heavy (non-hydrogen) atoms. The summed E-state index contributed by atoms with van der Waals surface area (Å²) in [5.41, 5.74) is 2.77. The molecule has 3 aromatic rings. The fourth-order valence-corrected chi connectivity index (χ4v) is 4.47. The van der Waals surface area contributed by atoms with Crippen LogP contribution >= 0.6 is 22.9 Å². The molecule has 0 saturated carbocycles. The average Bonchev–Trinajstić information content (AvgIpc) is 3.17. The van der Waals surface area contributed by atoms with Gasteiger partial charge in [0.2, 0.25) is 5.13 Å². The number of likely N-dealkylation sites (tertiary alicyclic amines) is 1. The molecule has 1 fully saturated rings. The molecule has 1 saturated heterocycles. The molecule has 1 atom stereocenters. The van der Waals surface area contributed by atoms with E-state index in [1.807, 2.05) is 48.5 Å². The van der Waals surface area contributed by atoms with E-state index in [0.29, 0.717) is 15.7 Å². The van der Waals surface area contributed by atoms with Crippen molar-refractivity contribution in [3.05, 3.63) is 64.7 Å². The van der Waals surface area contributed by atoms with Gasteiger partial charge >= 0.3 is 0 Å². The summed E-state index contributed by atoms with van der Waals surface area (Å²) in [4.78, 5) is 15.0. The molecule has 0 unspecified atom stereocenters. The van der Waals surface area contributed by atoms with E-state index in [2.05, 4.69) is 27.3 Å². The number of nitrogens with one attached hydrogen (secondary N) is 1. The molecular formula is C22H23ClN4OS. The van der Waals surface area contributed by atoms with E-state index < -0.39 is 0 Å². The predicted molar refractivity (Wildman–Crippen MR) is 118 cm³/mol. The first-order valence-corrected chi connectivity index (χ1v) is 11.0. The van der Waals surface area contributed by atoms with Crippen molar-refractivity contribution < 1.29 is 4.79 Å². The lowest BCUT2D eigenvalue weighted by atomic mass is 9.99. The molecule has 0 bridgehead atoms. The van der Waals surface area contributed by atoms with Crippen molar-refractivity contribution in [2.75, 3.05) is 18.4 Å². The van der Waals surface area contributed by atoms with Crippen LogP contribution in [0.3, 0.4) is 0 Å². The van der Waals surface area contributed by atoms with Gasteiger partial charge in [0.05, 0.1) is 0 Å². The van der Waals surface area contributed by atoms with Crippen molar-refractivity contribution in [1.29, 1.82) is 0 Å². The number of hydrogen-bond donors (Lipinski definition) is 1. The van der Waals surface area contributed by atoms with Crippen LogP contribution in [0.4, 0.5) is 5.13 Å². The number of aromatic nitrogens is 2. The van der Waals surface area contributed by atoms with E-state index >= 15 is 0 Å². The SMILES string of the molecule is C[C@@H]1CCCN(Cc2ccc(C(=O)Nc3nnc(-c4ccc(Cl)cc4)s3)cc2)C1. The molecule has 7 heteroatoms. The summed E-state index contributed by atoms with van der Waals surface area (Å²) < 4.78 is 0. The number of halogens is 1. The van der Waals surface area contributed by atoms with Crippen LogP contribution in [0.2, 0.25) is 5.02 Å². The lowest BCUT2D eigenvalue weighted by molar-refractivity contribution is 0.102. The molecule has 1 aliphatic heterocycles. The highest BCUT2D eigenvalue weighted by molar-refractivity contribution is 7.18. The largest absolute Gasteiger partial charge is 0.299 e. The zero-order chi connectivity index (χ0) is 20.2.